The van der Waals surface area contributed by atoms with Gasteiger partial charge in [-0.25, -0.2) is 4.79 Å². The second-order valence-corrected chi connectivity index (χ2v) is 5.46. The molecule has 0 aromatic carbocycles. The summed E-state index contributed by atoms with van der Waals surface area (Å²) in [6.45, 7) is -0.808. The van der Waals surface area contributed by atoms with E-state index in [1.54, 1.807) is 0 Å². The van der Waals surface area contributed by atoms with Gasteiger partial charge in [-0.1, -0.05) is 0 Å². The Morgan fingerprint density at radius 1 is 1.29 bits per heavy atom. The molecule has 12 nitrogen and oxygen atoms in total. The van der Waals surface area contributed by atoms with Crippen molar-refractivity contribution in [2.24, 2.45) is 0 Å². The zero-order valence-electron chi connectivity index (χ0n) is 12.8. The van der Waals surface area contributed by atoms with Gasteiger partial charge >= 0.3 is 64.8 Å². The molecule has 0 unspecified atom stereocenters. The van der Waals surface area contributed by atoms with Crippen molar-refractivity contribution in [3.63, 3.8) is 0 Å². The third-order valence-corrected chi connectivity index (χ3v) is 3.32. The molecule has 0 aliphatic carbocycles. The number of hydrogen-bond donors (Lipinski definition) is 3. The molecule has 4 atom stereocenters. The van der Waals surface area contributed by atoms with Crippen molar-refractivity contribution < 1.29 is 98.4 Å². The molecule has 5 N–H and O–H groups in total. The number of phosphoric acid groups is 1. The number of hydrogen-bond acceptors (Lipinski definition) is 9. The van der Waals surface area contributed by atoms with Gasteiger partial charge in [0.25, 0.3) is 5.56 Å². The van der Waals surface area contributed by atoms with Gasteiger partial charge in [0.1, 0.15) is 18.3 Å². The first kappa shape index (κ1) is 26.9. The summed E-state index contributed by atoms with van der Waals surface area (Å²) < 4.78 is 20.3. The van der Waals surface area contributed by atoms with Crippen LogP contribution >= 0.6 is 7.82 Å². The molecular formula is C9H13N2Na2O10P. The summed E-state index contributed by atoms with van der Waals surface area (Å²) in [6, 6.07) is 0.997. The third-order valence-electron chi connectivity index (χ3n) is 2.86. The number of aromatic nitrogens is 2. The second kappa shape index (κ2) is 10.7. The summed E-state index contributed by atoms with van der Waals surface area (Å²) in [4.78, 5) is 45.2. The summed E-state index contributed by atoms with van der Waals surface area (Å²) in [5.41, 5.74) is -1.55. The number of rotatable bonds is 4. The van der Waals surface area contributed by atoms with E-state index in [-0.39, 0.29) is 64.6 Å². The van der Waals surface area contributed by atoms with Crippen molar-refractivity contribution in [3.8, 4) is 0 Å². The monoisotopic (exact) mass is 386 g/mol. The molecule has 1 saturated heterocycles. The van der Waals surface area contributed by atoms with Crippen LogP contribution < -0.4 is 80.2 Å². The molecule has 0 saturated carbocycles. The van der Waals surface area contributed by atoms with Crippen molar-refractivity contribution in [2.45, 2.75) is 24.5 Å². The van der Waals surface area contributed by atoms with E-state index in [4.69, 9.17) is 4.74 Å². The molecule has 1 aromatic rings. The number of H-pyrrole nitrogens is 1. The van der Waals surface area contributed by atoms with Gasteiger partial charge in [0.05, 0.1) is 14.4 Å². The first-order valence-electron chi connectivity index (χ1n) is 5.69. The molecule has 2 rings (SSSR count). The third kappa shape index (κ3) is 6.74. The van der Waals surface area contributed by atoms with Crippen LogP contribution in [-0.2, 0) is 13.8 Å². The molecule has 1 aliphatic rings. The minimum atomic E-state index is -5.26. The van der Waals surface area contributed by atoms with Gasteiger partial charge in [-0.3, -0.25) is 14.3 Å². The molecule has 2 heterocycles. The number of aliphatic hydroxyl groups is 2. The Hall–Kier alpha value is 0.630. The summed E-state index contributed by atoms with van der Waals surface area (Å²) >= 11 is 0. The smallest absolute Gasteiger partial charge is 0.790 e. The summed E-state index contributed by atoms with van der Waals surface area (Å²) in [7, 11) is -5.26. The minimum Gasteiger partial charge on any atom is -0.790 e. The van der Waals surface area contributed by atoms with Crippen molar-refractivity contribution in [1.29, 1.82) is 0 Å². The van der Waals surface area contributed by atoms with E-state index < -0.39 is 50.2 Å². The van der Waals surface area contributed by atoms with E-state index in [0.29, 0.717) is 0 Å². The summed E-state index contributed by atoms with van der Waals surface area (Å²) in [5.74, 6) is 0. The largest absolute Gasteiger partial charge is 1.00 e. The Bertz CT molecular complexity index is 675. The molecule has 1 fully saturated rings. The number of phosphoric ester groups is 1. The number of aliphatic hydroxyl groups excluding tert-OH is 2. The topological polar surface area (TPSA) is 208 Å². The first-order valence-corrected chi connectivity index (χ1v) is 7.15. The van der Waals surface area contributed by atoms with Crippen LogP contribution in [0, 0.1) is 0 Å². The molecule has 126 valence electrons. The van der Waals surface area contributed by atoms with Crippen LogP contribution in [-0.4, -0.2) is 50.2 Å². The van der Waals surface area contributed by atoms with Crippen LogP contribution in [0.3, 0.4) is 0 Å². The van der Waals surface area contributed by atoms with Gasteiger partial charge in [0.15, 0.2) is 6.23 Å². The van der Waals surface area contributed by atoms with Gasteiger partial charge in [0, 0.05) is 12.3 Å². The molecule has 1 aromatic heterocycles. The van der Waals surface area contributed by atoms with Crippen LogP contribution in [0.25, 0.3) is 0 Å². The maximum atomic E-state index is 11.6. The zero-order valence-corrected chi connectivity index (χ0v) is 17.7. The minimum absolute atomic E-state index is 0. The maximum Gasteiger partial charge on any atom is 1.00 e. The Labute approximate surface area is 178 Å². The molecule has 0 amide bonds. The standard InChI is InChI=1S/C9H13N2O9P.2Na.H2O/c12-5-1-2-11(9(15)10-5)8-7(14)6(13)4(20-8)3-19-21(16,17)18;;;/h1-2,4,6-8,13-14H,3H2,(H,10,12,15)(H2,16,17,18);;;1H2/q;2*+1;/p-2/t4-,6+,7-,8-;;;/m1.../s1. The number of aromatic amines is 1. The van der Waals surface area contributed by atoms with Gasteiger partial charge in [0.2, 0.25) is 0 Å². The predicted molar refractivity (Wildman–Crippen MR) is 64.4 cm³/mol. The Morgan fingerprint density at radius 3 is 2.38 bits per heavy atom. The van der Waals surface area contributed by atoms with Crippen LogP contribution in [0.5, 0.6) is 0 Å². The Kier molecular flexibility index (Phi) is 12.0. The van der Waals surface area contributed by atoms with Gasteiger partial charge < -0.3 is 39.3 Å². The summed E-state index contributed by atoms with van der Waals surface area (Å²) in [6.07, 6.45) is -4.83. The Balaban J connectivity index is 0. The van der Waals surface area contributed by atoms with Crippen LogP contribution in [0.1, 0.15) is 6.23 Å². The Morgan fingerprint density at radius 2 is 1.88 bits per heavy atom. The first-order chi connectivity index (χ1) is 9.69. The van der Waals surface area contributed by atoms with Crippen molar-refractivity contribution in [2.75, 3.05) is 6.61 Å². The van der Waals surface area contributed by atoms with Crippen LogP contribution in [0.2, 0.25) is 0 Å². The van der Waals surface area contributed by atoms with E-state index in [0.717, 1.165) is 16.8 Å². The second-order valence-electron chi connectivity index (χ2n) is 4.31. The van der Waals surface area contributed by atoms with Gasteiger partial charge in [-0.15, -0.1) is 0 Å². The molecule has 0 bridgehead atoms. The predicted octanol–water partition coefficient (Wildman–Crippen LogP) is -10.8. The molecule has 0 radical (unpaired) electrons. The molecule has 15 heteroatoms. The normalized spacial score (nSPS) is 26.0. The van der Waals surface area contributed by atoms with E-state index in [9.17, 15) is 34.2 Å². The van der Waals surface area contributed by atoms with E-state index in [1.165, 1.54) is 0 Å². The fourth-order valence-electron chi connectivity index (χ4n) is 1.89. The number of nitrogens with zero attached hydrogens (tertiary/aromatic N) is 1. The van der Waals surface area contributed by atoms with E-state index in [2.05, 4.69) is 4.52 Å². The summed E-state index contributed by atoms with van der Waals surface area (Å²) in [5, 5.41) is 19.5. The van der Waals surface area contributed by atoms with Crippen LogP contribution in [0.15, 0.2) is 21.9 Å². The average molecular weight is 386 g/mol. The molecule has 24 heavy (non-hydrogen) atoms. The fraction of sp³-hybridized carbons (Fsp3) is 0.556. The van der Waals surface area contributed by atoms with Gasteiger partial charge in [-0.2, -0.15) is 0 Å². The average Bonchev–Trinajstić information content (AvgIpc) is 2.64. The quantitative estimate of drug-likeness (QED) is 0.331. The molecule has 0 spiro atoms. The van der Waals surface area contributed by atoms with E-state index in [1.807, 2.05) is 4.98 Å². The van der Waals surface area contributed by atoms with Crippen molar-refractivity contribution in [1.82, 2.24) is 9.55 Å². The molecular weight excluding hydrogens is 373 g/mol. The van der Waals surface area contributed by atoms with E-state index >= 15 is 0 Å². The SMILES string of the molecule is O.O=c1ccn([C@@H]2O[C@H](COP(=O)([O-])[O-])[C@H](O)[C@H]2O)c(=O)[nH]1.[Na+].[Na+]. The number of ether oxygens (including phenoxy) is 1. The van der Waals surface area contributed by atoms with Crippen LogP contribution in [0.4, 0.5) is 0 Å². The van der Waals surface area contributed by atoms with Crippen molar-refractivity contribution >= 4 is 7.82 Å². The maximum absolute atomic E-state index is 11.6. The van der Waals surface area contributed by atoms with Gasteiger partial charge in [-0.05, 0) is 0 Å². The fourth-order valence-corrected chi connectivity index (χ4v) is 2.22. The van der Waals surface area contributed by atoms with Crippen molar-refractivity contribution in [3.05, 3.63) is 33.1 Å². The zero-order chi connectivity index (χ0) is 15.8. The number of nitrogens with one attached hydrogen (secondary N) is 1. The molecule has 1 aliphatic heterocycles.